The minimum absolute atomic E-state index is 0.0896. The minimum Gasteiger partial charge on any atom is -0.462 e. The fourth-order valence-electron chi connectivity index (χ4n) is 3.18. The van der Waals surface area contributed by atoms with Crippen LogP contribution in [0.2, 0.25) is 0 Å². The van der Waals surface area contributed by atoms with Crippen molar-refractivity contribution in [3.05, 3.63) is 58.7 Å². The van der Waals surface area contributed by atoms with Crippen molar-refractivity contribution in [1.29, 1.82) is 0 Å². The molecule has 2 rings (SSSR count). The van der Waals surface area contributed by atoms with E-state index in [0.29, 0.717) is 6.61 Å². The molecule has 0 radical (unpaired) electrons. The van der Waals surface area contributed by atoms with Crippen LogP contribution in [0.25, 0.3) is 0 Å². The van der Waals surface area contributed by atoms with Gasteiger partial charge in [0, 0.05) is 17.5 Å². The average molecular weight is 358 g/mol. The Labute approximate surface area is 155 Å². The van der Waals surface area contributed by atoms with Crippen molar-refractivity contribution in [3.63, 3.8) is 0 Å². The van der Waals surface area contributed by atoms with Crippen LogP contribution >= 0.6 is 0 Å². The lowest BCUT2D eigenvalue weighted by Crippen LogP contribution is -2.33. The molecule has 25 heavy (non-hydrogen) atoms. The van der Waals surface area contributed by atoms with Crippen LogP contribution in [-0.2, 0) is 20.4 Å². The first-order valence-corrected chi connectivity index (χ1v) is 10.2. The smallest absolute Gasteiger partial charge is 0.360 e. The second-order valence-corrected chi connectivity index (χ2v) is 8.65. The molecule has 2 nitrogen and oxygen atoms in total. The van der Waals surface area contributed by atoms with Crippen molar-refractivity contribution < 1.29 is 9.53 Å². The van der Waals surface area contributed by atoms with Gasteiger partial charge in [0.15, 0.2) is 9.79 Å². The van der Waals surface area contributed by atoms with Crippen molar-refractivity contribution in [3.8, 4) is 0 Å². The maximum absolute atomic E-state index is 12.7. The van der Waals surface area contributed by atoms with Crippen LogP contribution in [0.3, 0.4) is 0 Å². The molecular formula is C22H29O2S+. The summed E-state index contributed by atoms with van der Waals surface area (Å²) in [5, 5.41) is -0.150. The predicted octanol–water partition coefficient (Wildman–Crippen LogP) is 5.30. The highest BCUT2D eigenvalue weighted by Crippen LogP contribution is 2.34. The first kappa shape index (κ1) is 19.6. The lowest BCUT2D eigenvalue weighted by Gasteiger charge is -2.19. The minimum atomic E-state index is -0.335. The molecule has 0 fully saturated rings. The maximum Gasteiger partial charge on any atom is 0.360 e. The van der Waals surface area contributed by atoms with Gasteiger partial charge >= 0.3 is 5.97 Å². The Bertz CT molecular complexity index is 700. The third-order valence-corrected chi connectivity index (χ3v) is 7.30. The highest BCUT2D eigenvalue weighted by Gasteiger charge is 2.42. The fraction of sp³-hybridized carbons (Fsp3) is 0.409. The molecule has 0 bridgehead atoms. The van der Waals surface area contributed by atoms with Gasteiger partial charge in [0.2, 0.25) is 5.25 Å². The van der Waals surface area contributed by atoms with E-state index in [1.807, 2.05) is 6.92 Å². The summed E-state index contributed by atoms with van der Waals surface area (Å²) in [5.41, 5.74) is 4.97. The van der Waals surface area contributed by atoms with Crippen LogP contribution in [-0.4, -0.2) is 17.8 Å². The third-order valence-electron chi connectivity index (χ3n) is 4.34. The molecule has 0 aliphatic carbocycles. The van der Waals surface area contributed by atoms with Gasteiger partial charge in [-0.2, -0.15) is 0 Å². The van der Waals surface area contributed by atoms with Gasteiger partial charge in [0.1, 0.15) is 0 Å². The lowest BCUT2D eigenvalue weighted by atomic mass is 10.2. The lowest BCUT2D eigenvalue weighted by molar-refractivity contribution is -0.142. The molecule has 2 aromatic rings. The molecule has 0 aliphatic heterocycles. The van der Waals surface area contributed by atoms with Gasteiger partial charge < -0.3 is 4.74 Å². The zero-order valence-corrected chi connectivity index (χ0v) is 17.0. The van der Waals surface area contributed by atoms with Crippen molar-refractivity contribution in [1.82, 2.24) is 0 Å². The molecule has 0 heterocycles. The van der Waals surface area contributed by atoms with E-state index in [-0.39, 0.29) is 22.1 Å². The summed E-state index contributed by atoms with van der Waals surface area (Å²) < 4.78 is 5.41. The van der Waals surface area contributed by atoms with Gasteiger partial charge in [0.05, 0.1) is 17.5 Å². The summed E-state index contributed by atoms with van der Waals surface area (Å²) in [4.78, 5) is 15.2. The van der Waals surface area contributed by atoms with Crippen molar-refractivity contribution in [2.45, 2.75) is 63.0 Å². The van der Waals surface area contributed by atoms with Crippen molar-refractivity contribution in [2.24, 2.45) is 0 Å². The second kappa shape index (κ2) is 8.57. The summed E-state index contributed by atoms with van der Waals surface area (Å²) in [6.45, 7) is 12.9. The SMILES string of the molecule is CCOC(=O)C(CC)[S+](c1ccc(C)cc1C)c1ccc(C)cc1C. The molecular weight excluding hydrogens is 328 g/mol. The normalized spacial score (nSPS) is 12.3. The molecule has 0 saturated heterocycles. The van der Waals surface area contributed by atoms with Crippen LogP contribution in [0.4, 0.5) is 0 Å². The molecule has 2 aromatic carbocycles. The van der Waals surface area contributed by atoms with Crippen molar-refractivity contribution in [2.75, 3.05) is 6.61 Å². The zero-order valence-electron chi connectivity index (χ0n) is 16.2. The summed E-state index contributed by atoms with van der Waals surface area (Å²) in [6, 6.07) is 13.1. The first-order valence-electron chi connectivity index (χ1n) is 8.93. The van der Waals surface area contributed by atoms with Crippen molar-refractivity contribution >= 4 is 16.9 Å². The summed E-state index contributed by atoms with van der Waals surface area (Å²) >= 11 is 0. The van der Waals surface area contributed by atoms with Gasteiger partial charge in [0.25, 0.3) is 0 Å². The summed E-state index contributed by atoms with van der Waals surface area (Å²) in [6.07, 6.45) is 0.766. The van der Waals surface area contributed by atoms with Crippen LogP contribution in [0.5, 0.6) is 0 Å². The number of hydrogen-bond acceptors (Lipinski definition) is 2. The highest BCUT2D eigenvalue weighted by atomic mass is 32.2. The van der Waals surface area contributed by atoms with E-state index in [1.54, 1.807) is 0 Å². The number of carbonyl (C=O) groups is 1. The quantitative estimate of drug-likeness (QED) is 0.518. The molecule has 0 spiro atoms. The fourth-order valence-corrected chi connectivity index (χ4v) is 5.87. The van der Waals surface area contributed by atoms with E-state index in [1.165, 1.54) is 32.0 Å². The van der Waals surface area contributed by atoms with Crippen LogP contribution in [0.15, 0.2) is 46.2 Å². The van der Waals surface area contributed by atoms with E-state index < -0.39 is 0 Å². The monoisotopic (exact) mass is 357 g/mol. The Morgan fingerprint density at radius 1 is 0.920 bits per heavy atom. The number of benzene rings is 2. The Hall–Kier alpha value is -1.74. The Morgan fingerprint density at radius 2 is 1.40 bits per heavy atom. The van der Waals surface area contributed by atoms with Crippen LogP contribution in [0.1, 0.15) is 42.5 Å². The molecule has 0 saturated carbocycles. The molecule has 1 atom stereocenters. The summed E-state index contributed by atoms with van der Waals surface area (Å²) in [7, 11) is -0.335. The predicted molar refractivity (Wildman–Crippen MR) is 106 cm³/mol. The zero-order chi connectivity index (χ0) is 18.6. The average Bonchev–Trinajstić information content (AvgIpc) is 2.54. The third kappa shape index (κ3) is 4.46. The molecule has 134 valence electrons. The molecule has 0 aromatic heterocycles. The Balaban J connectivity index is 2.63. The molecule has 0 aliphatic rings. The molecule has 0 amide bonds. The number of rotatable bonds is 6. The molecule has 3 heteroatoms. The second-order valence-electron chi connectivity index (χ2n) is 6.52. The topological polar surface area (TPSA) is 26.3 Å². The maximum atomic E-state index is 12.7. The van der Waals surface area contributed by atoms with Crippen LogP contribution in [0, 0.1) is 27.7 Å². The molecule has 1 unspecified atom stereocenters. The van der Waals surface area contributed by atoms with E-state index in [0.717, 1.165) is 6.42 Å². The number of ether oxygens (including phenoxy) is 1. The van der Waals surface area contributed by atoms with Gasteiger partial charge in [-0.15, -0.1) is 0 Å². The number of hydrogen-bond donors (Lipinski definition) is 0. The first-order chi connectivity index (χ1) is 11.9. The van der Waals surface area contributed by atoms with Gasteiger partial charge in [-0.3, -0.25) is 0 Å². The van der Waals surface area contributed by atoms with E-state index >= 15 is 0 Å². The Kier molecular flexibility index (Phi) is 6.71. The number of esters is 1. The highest BCUT2D eigenvalue weighted by molar-refractivity contribution is 7.98. The number of aryl methyl sites for hydroxylation is 4. The van der Waals surface area contributed by atoms with E-state index in [9.17, 15) is 4.79 Å². The number of carbonyl (C=O) groups excluding carboxylic acids is 1. The van der Waals surface area contributed by atoms with Gasteiger partial charge in [-0.05, 0) is 46.8 Å². The largest absolute Gasteiger partial charge is 0.462 e. The van der Waals surface area contributed by atoms with Crippen LogP contribution < -0.4 is 0 Å². The summed E-state index contributed by atoms with van der Waals surface area (Å²) in [5.74, 6) is -0.0896. The standard InChI is InChI=1S/C22H29O2S/c1-7-19(22(23)24-8-2)25(20-11-9-15(3)13-17(20)5)21-12-10-16(4)14-18(21)6/h9-14,19H,7-8H2,1-6H3/q+1. The molecule has 0 N–H and O–H groups in total. The Morgan fingerprint density at radius 3 is 1.76 bits per heavy atom. The van der Waals surface area contributed by atoms with E-state index in [4.69, 9.17) is 4.74 Å². The van der Waals surface area contributed by atoms with E-state index in [2.05, 4.69) is 71.0 Å². The van der Waals surface area contributed by atoms with Gasteiger partial charge in [-0.1, -0.05) is 42.3 Å². The van der Waals surface area contributed by atoms with Gasteiger partial charge in [-0.25, -0.2) is 4.79 Å².